The summed E-state index contributed by atoms with van der Waals surface area (Å²) in [4.78, 5) is 39.7. The number of benzene rings is 1. The molecule has 0 radical (unpaired) electrons. The van der Waals surface area contributed by atoms with Gasteiger partial charge in [0.25, 0.3) is 5.91 Å². The van der Waals surface area contributed by atoms with Gasteiger partial charge >= 0.3 is 0 Å². The van der Waals surface area contributed by atoms with Crippen molar-refractivity contribution in [1.82, 2.24) is 24.3 Å². The first-order valence-corrected chi connectivity index (χ1v) is 11.4. The second-order valence-electron chi connectivity index (χ2n) is 8.18. The number of fused-ring (bicyclic) bond motifs is 1. The van der Waals surface area contributed by atoms with Crippen LogP contribution < -0.4 is 11.1 Å². The normalized spacial score (nSPS) is 15.3. The Morgan fingerprint density at radius 1 is 1.17 bits per heavy atom. The summed E-state index contributed by atoms with van der Waals surface area (Å²) in [5, 5.41) is 3.09. The number of amides is 2. The largest absolute Gasteiger partial charge is 0.369 e. The lowest BCUT2D eigenvalue weighted by Crippen LogP contribution is -2.26. The van der Waals surface area contributed by atoms with Crippen molar-refractivity contribution in [2.45, 2.75) is 12.3 Å². The van der Waals surface area contributed by atoms with Gasteiger partial charge in [0.2, 0.25) is 11.9 Å². The van der Waals surface area contributed by atoms with Crippen molar-refractivity contribution in [3.63, 3.8) is 0 Å². The summed E-state index contributed by atoms with van der Waals surface area (Å²) in [6, 6.07) is 12.1. The Labute approximate surface area is 206 Å². The summed E-state index contributed by atoms with van der Waals surface area (Å²) >= 11 is 6.64. The quantitative estimate of drug-likeness (QED) is 0.413. The van der Waals surface area contributed by atoms with E-state index in [1.807, 2.05) is 6.07 Å². The number of nitrogens with zero attached hydrogens (tertiary/aromatic N) is 5. The molecule has 1 saturated heterocycles. The SMILES string of the molecule is C=CC(=O)N1CCC(c2nc(-c3ccc(C(=O)Nc4ccccn4)cc3Cl)n3c(N)nccc23)C1. The molecule has 3 aromatic heterocycles. The average molecular weight is 488 g/mol. The number of nitrogens with one attached hydrogen (secondary N) is 1. The van der Waals surface area contributed by atoms with Gasteiger partial charge in [0.1, 0.15) is 11.6 Å². The molecule has 4 aromatic rings. The third-order valence-electron chi connectivity index (χ3n) is 6.05. The molecule has 0 spiro atoms. The molecule has 10 heteroatoms. The number of imidazole rings is 1. The molecule has 2 amide bonds. The molecule has 3 N–H and O–H groups in total. The first kappa shape index (κ1) is 22.5. The third kappa shape index (κ3) is 4.22. The van der Waals surface area contributed by atoms with Gasteiger partial charge in [-0.1, -0.05) is 24.2 Å². The maximum Gasteiger partial charge on any atom is 0.256 e. The van der Waals surface area contributed by atoms with E-state index >= 15 is 0 Å². The van der Waals surface area contributed by atoms with Crippen molar-refractivity contribution in [3.8, 4) is 11.4 Å². The van der Waals surface area contributed by atoms with Crippen LogP contribution in [-0.4, -0.2) is 49.2 Å². The van der Waals surface area contributed by atoms with E-state index in [4.69, 9.17) is 22.3 Å². The van der Waals surface area contributed by atoms with Crippen LogP contribution in [0, 0.1) is 0 Å². The second kappa shape index (κ2) is 9.19. The Morgan fingerprint density at radius 3 is 2.77 bits per heavy atom. The van der Waals surface area contributed by atoms with E-state index in [-0.39, 0.29) is 23.7 Å². The summed E-state index contributed by atoms with van der Waals surface area (Å²) in [5.74, 6) is 0.842. The average Bonchev–Trinajstić information content (AvgIpc) is 3.50. The number of hydrogen-bond acceptors (Lipinski definition) is 6. The Hall–Kier alpha value is -4.24. The van der Waals surface area contributed by atoms with Gasteiger partial charge in [0.05, 0.1) is 16.2 Å². The lowest BCUT2D eigenvalue weighted by Gasteiger charge is -2.13. The van der Waals surface area contributed by atoms with Gasteiger partial charge in [0, 0.05) is 42.5 Å². The summed E-state index contributed by atoms with van der Waals surface area (Å²) in [6.07, 6.45) is 5.33. The molecule has 5 rings (SSSR count). The Kier molecular flexibility index (Phi) is 5.92. The number of hydrogen-bond donors (Lipinski definition) is 2. The van der Waals surface area contributed by atoms with Crippen LogP contribution >= 0.6 is 11.6 Å². The first-order chi connectivity index (χ1) is 17.0. The fourth-order valence-electron chi connectivity index (χ4n) is 4.34. The summed E-state index contributed by atoms with van der Waals surface area (Å²) in [7, 11) is 0. The Morgan fingerprint density at radius 2 is 2.03 bits per heavy atom. The number of nitrogen functional groups attached to an aromatic ring is 1. The number of nitrogens with two attached hydrogens (primary N) is 1. The number of rotatable bonds is 5. The monoisotopic (exact) mass is 487 g/mol. The van der Waals surface area contributed by atoms with Gasteiger partial charge in [-0.25, -0.2) is 15.0 Å². The number of aromatic nitrogens is 4. The van der Waals surface area contributed by atoms with Gasteiger partial charge in [-0.05, 0) is 48.9 Å². The fraction of sp³-hybridized carbons (Fsp3) is 0.160. The van der Waals surface area contributed by atoms with Crippen LogP contribution in [0.1, 0.15) is 28.4 Å². The van der Waals surface area contributed by atoms with E-state index in [1.54, 1.807) is 58.1 Å². The predicted molar refractivity (Wildman–Crippen MR) is 134 cm³/mol. The van der Waals surface area contributed by atoms with Crippen LogP contribution in [0.2, 0.25) is 5.02 Å². The first-order valence-electron chi connectivity index (χ1n) is 11.0. The van der Waals surface area contributed by atoms with Crippen LogP contribution in [0.3, 0.4) is 0 Å². The number of halogens is 1. The topological polar surface area (TPSA) is 119 Å². The molecule has 176 valence electrons. The van der Waals surface area contributed by atoms with E-state index in [1.165, 1.54) is 6.08 Å². The van der Waals surface area contributed by atoms with Crippen molar-refractivity contribution >= 4 is 40.7 Å². The van der Waals surface area contributed by atoms with E-state index in [2.05, 4.69) is 21.9 Å². The highest BCUT2D eigenvalue weighted by molar-refractivity contribution is 6.33. The molecule has 4 heterocycles. The maximum absolute atomic E-state index is 12.7. The minimum atomic E-state index is -0.329. The van der Waals surface area contributed by atoms with Gasteiger partial charge in [-0.3, -0.25) is 14.0 Å². The predicted octanol–water partition coefficient (Wildman–Crippen LogP) is 3.78. The molecule has 1 fully saturated rings. The highest BCUT2D eigenvalue weighted by Crippen LogP contribution is 2.36. The lowest BCUT2D eigenvalue weighted by atomic mass is 10.0. The zero-order valence-corrected chi connectivity index (χ0v) is 19.4. The highest BCUT2D eigenvalue weighted by atomic mass is 35.5. The van der Waals surface area contributed by atoms with Gasteiger partial charge in [-0.2, -0.15) is 0 Å². The summed E-state index contributed by atoms with van der Waals surface area (Å²) in [6.45, 7) is 4.75. The smallest absolute Gasteiger partial charge is 0.256 e. The number of pyridine rings is 1. The molecule has 0 bridgehead atoms. The molecule has 1 aliphatic rings. The van der Waals surface area contributed by atoms with E-state index in [0.29, 0.717) is 40.9 Å². The maximum atomic E-state index is 12.7. The molecule has 0 aliphatic carbocycles. The Bertz CT molecular complexity index is 1450. The molecule has 0 saturated carbocycles. The molecule has 1 aliphatic heterocycles. The number of anilines is 2. The number of carbonyl (C=O) groups is 2. The van der Waals surface area contributed by atoms with Crippen LogP contribution in [0.15, 0.2) is 67.5 Å². The van der Waals surface area contributed by atoms with E-state index in [9.17, 15) is 9.59 Å². The molecular weight excluding hydrogens is 466 g/mol. The van der Waals surface area contributed by atoms with Crippen LogP contribution in [0.5, 0.6) is 0 Å². The molecule has 35 heavy (non-hydrogen) atoms. The molecule has 1 unspecified atom stereocenters. The van der Waals surface area contributed by atoms with Gasteiger partial charge in [0.15, 0.2) is 0 Å². The minimum absolute atomic E-state index is 0.0339. The zero-order chi connectivity index (χ0) is 24.5. The van der Waals surface area contributed by atoms with Crippen molar-refractivity contribution in [1.29, 1.82) is 0 Å². The van der Waals surface area contributed by atoms with Crippen LogP contribution in [0.25, 0.3) is 16.9 Å². The zero-order valence-electron chi connectivity index (χ0n) is 18.7. The number of carbonyl (C=O) groups excluding carboxylic acids is 2. The molecular formula is C25H22ClN7O2. The third-order valence-corrected chi connectivity index (χ3v) is 6.36. The van der Waals surface area contributed by atoms with Crippen molar-refractivity contribution in [2.24, 2.45) is 0 Å². The molecule has 1 atom stereocenters. The van der Waals surface area contributed by atoms with Crippen molar-refractivity contribution in [2.75, 3.05) is 24.1 Å². The number of likely N-dealkylation sites (tertiary alicyclic amines) is 1. The fourth-order valence-corrected chi connectivity index (χ4v) is 4.61. The molecule has 1 aromatic carbocycles. The van der Waals surface area contributed by atoms with Crippen LogP contribution in [-0.2, 0) is 4.79 Å². The molecule has 9 nitrogen and oxygen atoms in total. The summed E-state index contributed by atoms with van der Waals surface area (Å²) < 4.78 is 1.75. The summed E-state index contributed by atoms with van der Waals surface area (Å²) in [5.41, 5.74) is 8.85. The van der Waals surface area contributed by atoms with Gasteiger partial charge < -0.3 is 16.0 Å². The minimum Gasteiger partial charge on any atom is -0.369 e. The van der Waals surface area contributed by atoms with E-state index < -0.39 is 0 Å². The second-order valence-corrected chi connectivity index (χ2v) is 8.59. The Balaban J connectivity index is 1.51. The van der Waals surface area contributed by atoms with Crippen LogP contribution in [0.4, 0.5) is 11.8 Å². The van der Waals surface area contributed by atoms with Crippen molar-refractivity contribution in [3.05, 3.63) is 83.8 Å². The lowest BCUT2D eigenvalue weighted by molar-refractivity contribution is -0.125. The van der Waals surface area contributed by atoms with Gasteiger partial charge in [-0.15, -0.1) is 0 Å². The van der Waals surface area contributed by atoms with Crippen molar-refractivity contribution < 1.29 is 9.59 Å². The van der Waals surface area contributed by atoms with E-state index in [0.717, 1.165) is 17.6 Å². The highest BCUT2D eigenvalue weighted by Gasteiger charge is 2.30. The standard InChI is InChI=1S/C25H22ClN7O2/c1-2-21(34)32-12-9-16(14-32)22-19-8-11-29-25(27)33(19)23(31-22)17-7-6-15(13-18(17)26)24(35)30-20-5-3-4-10-28-20/h2-8,10-11,13,16H,1,9,12,14H2,(H2,27,29)(H,28,30,35).